The first-order chi connectivity index (χ1) is 10.2. The smallest absolute Gasteiger partial charge is 0.129 e. The summed E-state index contributed by atoms with van der Waals surface area (Å²) in [6, 6.07) is 13.5. The second-order valence-corrected chi connectivity index (χ2v) is 5.96. The third-order valence-corrected chi connectivity index (χ3v) is 4.66. The summed E-state index contributed by atoms with van der Waals surface area (Å²) in [4.78, 5) is 1.03. The van der Waals surface area contributed by atoms with Crippen LogP contribution in [-0.2, 0) is 6.42 Å². The van der Waals surface area contributed by atoms with E-state index in [9.17, 15) is 8.78 Å². The number of thiophene rings is 1. The van der Waals surface area contributed by atoms with Crippen molar-refractivity contribution in [1.82, 2.24) is 5.43 Å². The lowest BCUT2D eigenvalue weighted by molar-refractivity contribution is 0.527. The second-order valence-electron chi connectivity index (χ2n) is 4.85. The van der Waals surface area contributed by atoms with Crippen molar-refractivity contribution in [2.45, 2.75) is 12.5 Å². The van der Waals surface area contributed by atoms with Crippen LogP contribution in [0.1, 0.15) is 16.5 Å². The van der Waals surface area contributed by atoms with Crippen molar-refractivity contribution in [1.29, 1.82) is 0 Å². The van der Waals surface area contributed by atoms with E-state index in [4.69, 9.17) is 5.84 Å². The van der Waals surface area contributed by atoms with Crippen molar-refractivity contribution in [3.63, 3.8) is 0 Å². The maximum Gasteiger partial charge on any atom is 0.129 e. The van der Waals surface area contributed by atoms with Crippen LogP contribution in [0.4, 0.5) is 8.78 Å². The number of fused-ring (bicyclic) bond motifs is 1. The molecule has 0 fully saturated rings. The van der Waals surface area contributed by atoms with Gasteiger partial charge in [-0.1, -0.05) is 24.3 Å². The second kappa shape index (κ2) is 5.89. The molecule has 0 aliphatic carbocycles. The maximum atomic E-state index is 13.8. The Morgan fingerprint density at radius 3 is 2.62 bits per heavy atom. The molecule has 0 saturated carbocycles. The topological polar surface area (TPSA) is 38.0 Å². The minimum Gasteiger partial charge on any atom is -0.271 e. The zero-order chi connectivity index (χ0) is 14.8. The molecule has 2 nitrogen and oxygen atoms in total. The molecule has 0 saturated heterocycles. The van der Waals surface area contributed by atoms with Gasteiger partial charge in [-0.25, -0.2) is 8.78 Å². The number of halogens is 2. The molecule has 3 aromatic rings. The fourth-order valence-corrected chi connectivity index (χ4v) is 3.45. The number of hydrogen-bond acceptors (Lipinski definition) is 3. The normalized spacial score (nSPS) is 12.7. The highest BCUT2D eigenvalue weighted by molar-refractivity contribution is 7.19. The van der Waals surface area contributed by atoms with Crippen LogP contribution < -0.4 is 11.3 Å². The van der Waals surface area contributed by atoms with Gasteiger partial charge in [0.25, 0.3) is 0 Å². The van der Waals surface area contributed by atoms with Crippen LogP contribution in [0.3, 0.4) is 0 Å². The molecule has 108 valence electrons. The molecule has 1 aromatic heterocycles. The Kier molecular flexibility index (Phi) is 3.96. The minimum absolute atomic E-state index is 0.206. The van der Waals surface area contributed by atoms with Gasteiger partial charge >= 0.3 is 0 Å². The van der Waals surface area contributed by atoms with Gasteiger partial charge in [0.15, 0.2) is 0 Å². The molecule has 0 bridgehead atoms. The highest BCUT2D eigenvalue weighted by atomic mass is 32.1. The van der Waals surface area contributed by atoms with Crippen molar-refractivity contribution in [2.24, 2.45) is 5.84 Å². The van der Waals surface area contributed by atoms with Crippen LogP contribution in [-0.4, -0.2) is 0 Å². The predicted octanol–water partition coefficient (Wildman–Crippen LogP) is 3.93. The summed E-state index contributed by atoms with van der Waals surface area (Å²) in [5.41, 5.74) is 3.16. The third kappa shape index (κ3) is 2.95. The lowest BCUT2D eigenvalue weighted by atomic mass is 10.0. The first-order valence-electron chi connectivity index (χ1n) is 6.56. The van der Waals surface area contributed by atoms with Crippen LogP contribution in [0.15, 0.2) is 48.5 Å². The largest absolute Gasteiger partial charge is 0.271 e. The van der Waals surface area contributed by atoms with Crippen LogP contribution >= 0.6 is 11.3 Å². The number of hydrogen-bond donors (Lipinski definition) is 2. The summed E-state index contributed by atoms with van der Waals surface area (Å²) in [5, 5.41) is 1.14. The molecule has 0 amide bonds. The molecule has 2 aromatic carbocycles. The van der Waals surface area contributed by atoms with Gasteiger partial charge in [-0.15, -0.1) is 11.3 Å². The molecule has 21 heavy (non-hydrogen) atoms. The Bertz CT molecular complexity index is 737. The first kappa shape index (κ1) is 14.1. The number of nitrogens with one attached hydrogen (secondary N) is 1. The third-order valence-electron chi connectivity index (χ3n) is 3.43. The van der Waals surface area contributed by atoms with Gasteiger partial charge in [0.05, 0.1) is 6.04 Å². The monoisotopic (exact) mass is 304 g/mol. The lowest BCUT2D eigenvalue weighted by Gasteiger charge is -2.14. The quantitative estimate of drug-likeness (QED) is 0.566. The molecular weight excluding hydrogens is 290 g/mol. The van der Waals surface area contributed by atoms with E-state index in [2.05, 4.69) is 5.43 Å². The Morgan fingerprint density at radius 1 is 1.10 bits per heavy atom. The van der Waals surface area contributed by atoms with Crippen molar-refractivity contribution in [2.75, 3.05) is 0 Å². The van der Waals surface area contributed by atoms with Crippen LogP contribution in [0.25, 0.3) is 10.1 Å². The van der Waals surface area contributed by atoms with E-state index in [1.165, 1.54) is 12.1 Å². The van der Waals surface area contributed by atoms with Gasteiger partial charge in [-0.05, 0) is 35.6 Å². The molecule has 3 rings (SSSR count). The average Bonchev–Trinajstić information content (AvgIpc) is 2.90. The zero-order valence-corrected chi connectivity index (χ0v) is 12.0. The predicted molar refractivity (Wildman–Crippen MR) is 82.0 cm³/mol. The van der Waals surface area contributed by atoms with Crippen molar-refractivity contribution >= 4 is 21.4 Å². The summed E-state index contributed by atoms with van der Waals surface area (Å²) in [5.74, 6) is 4.50. The zero-order valence-electron chi connectivity index (χ0n) is 11.1. The SMILES string of the molecule is NNC(Cc1ccc(F)cc1F)c1cc2ccccc2s1. The highest BCUT2D eigenvalue weighted by Gasteiger charge is 2.16. The molecule has 0 radical (unpaired) electrons. The number of nitrogens with two attached hydrogens (primary N) is 1. The van der Waals surface area contributed by atoms with Crippen molar-refractivity contribution in [3.05, 3.63) is 70.6 Å². The molecular formula is C16H14F2N2S. The van der Waals surface area contributed by atoms with E-state index in [0.29, 0.717) is 12.0 Å². The fourth-order valence-electron chi connectivity index (χ4n) is 2.32. The highest BCUT2D eigenvalue weighted by Crippen LogP contribution is 2.31. The maximum absolute atomic E-state index is 13.8. The standard InChI is InChI=1S/C16H14F2N2S/c17-12-6-5-10(13(18)9-12)7-14(20-19)16-8-11-3-1-2-4-15(11)21-16/h1-6,8-9,14,20H,7,19H2. The molecule has 5 heteroatoms. The van der Waals surface area contributed by atoms with Crippen LogP contribution in [0.5, 0.6) is 0 Å². The van der Waals surface area contributed by atoms with Gasteiger partial charge in [0.2, 0.25) is 0 Å². The average molecular weight is 304 g/mol. The molecule has 3 N–H and O–H groups in total. The molecule has 0 aliphatic heterocycles. The number of rotatable bonds is 4. The number of hydrazine groups is 1. The Morgan fingerprint density at radius 2 is 1.90 bits per heavy atom. The van der Waals surface area contributed by atoms with E-state index in [1.807, 2.05) is 30.3 Å². The van der Waals surface area contributed by atoms with Crippen molar-refractivity contribution < 1.29 is 8.78 Å². The summed E-state index contributed by atoms with van der Waals surface area (Å²) in [7, 11) is 0. The fraction of sp³-hybridized carbons (Fsp3) is 0.125. The Balaban J connectivity index is 1.90. The summed E-state index contributed by atoms with van der Waals surface area (Å²) < 4.78 is 27.9. The Hall–Kier alpha value is -1.82. The lowest BCUT2D eigenvalue weighted by Crippen LogP contribution is -2.29. The van der Waals surface area contributed by atoms with E-state index in [-0.39, 0.29) is 6.04 Å². The van der Waals surface area contributed by atoms with Gasteiger partial charge in [-0.3, -0.25) is 11.3 Å². The summed E-state index contributed by atoms with van der Waals surface area (Å²) in [6.45, 7) is 0. The first-order valence-corrected chi connectivity index (χ1v) is 7.37. The molecule has 1 unspecified atom stereocenters. The van der Waals surface area contributed by atoms with Gasteiger partial charge in [-0.2, -0.15) is 0 Å². The van der Waals surface area contributed by atoms with E-state index >= 15 is 0 Å². The van der Waals surface area contributed by atoms with Crippen LogP contribution in [0, 0.1) is 11.6 Å². The van der Waals surface area contributed by atoms with E-state index in [1.54, 1.807) is 11.3 Å². The van der Waals surface area contributed by atoms with Gasteiger partial charge in [0.1, 0.15) is 11.6 Å². The van der Waals surface area contributed by atoms with Crippen LogP contribution in [0.2, 0.25) is 0 Å². The number of benzene rings is 2. The molecule has 1 atom stereocenters. The summed E-state index contributed by atoms with van der Waals surface area (Å²) >= 11 is 1.62. The Labute approximate surface area is 125 Å². The van der Waals surface area contributed by atoms with E-state index < -0.39 is 11.6 Å². The minimum atomic E-state index is -0.574. The van der Waals surface area contributed by atoms with Gasteiger partial charge in [0, 0.05) is 15.6 Å². The van der Waals surface area contributed by atoms with Crippen molar-refractivity contribution in [3.8, 4) is 0 Å². The van der Waals surface area contributed by atoms with Gasteiger partial charge < -0.3 is 0 Å². The molecule has 1 heterocycles. The van der Waals surface area contributed by atoms with E-state index in [0.717, 1.165) is 21.0 Å². The summed E-state index contributed by atoms with van der Waals surface area (Å²) in [6.07, 6.45) is 0.370. The molecule has 0 spiro atoms. The molecule has 0 aliphatic rings.